The predicted molar refractivity (Wildman–Crippen MR) is 167 cm³/mol. The standard InChI is InChI=1S/C34H59NO4/c1-3-5-7-9-11-13-14-15-16-17-18-19-21-23-25-27-29-33(38)34(39)35-31(30-36)32(37)28-26-24-22-20-12-10-8-6-4-2/h4,6,11-13,15-16,20,26,28,31-33,36-38H,3,5,7-10,14,17-19,21-25,27,29-30H2,1-2H3,(H,35,39)/b6-4+,13-11-,16-15-,20-12+,28-26+. The van der Waals surface area contributed by atoms with Gasteiger partial charge in [-0.3, -0.25) is 4.79 Å². The molecular weight excluding hydrogens is 486 g/mol. The van der Waals surface area contributed by atoms with Crippen molar-refractivity contribution in [1.82, 2.24) is 5.32 Å². The Balaban J connectivity index is 3.87. The van der Waals surface area contributed by atoms with Crippen molar-refractivity contribution in [1.29, 1.82) is 0 Å². The molecule has 1 amide bonds. The lowest BCUT2D eigenvalue weighted by molar-refractivity contribution is -0.131. The summed E-state index contributed by atoms with van der Waals surface area (Å²) in [6, 6.07) is -0.823. The number of hydrogen-bond donors (Lipinski definition) is 4. The van der Waals surface area contributed by atoms with E-state index in [9.17, 15) is 20.1 Å². The van der Waals surface area contributed by atoms with Gasteiger partial charge in [0.05, 0.1) is 18.8 Å². The Morgan fingerprint density at radius 1 is 0.692 bits per heavy atom. The number of amides is 1. The van der Waals surface area contributed by atoms with Crippen molar-refractivity contribution in [3.63, 3.8) is 0 Å². The molecule has 0 aliphatic carbocycles. The van der Waals surface area contributed by atoms with Crippen molar-refractivity contribution in [3.05, 3.63) is 60.8 Å². The van der Waals surface area contributed by atoms with Crippen LogP contribution in [0.2, 0.25) is 0 Å². The molecule has 5 nitrogen and oxygen atoms in total. The van der Waals surface area contributed by atoms with Gasteiger partial charge >= 0.3 is 0 Å². The summed E-state index contributed by atoms with van der Waals surface area (Å²) in [4.78, 5) is 12.3. The highest BCUT2D eigenvalue weighted by Gasteiger charge is 2.22. The molecule has 0 saturated carbocycles. The fourth-order valence-corrected chi connectivity index (χ4v) is 4.13. The first kappa shape index (κ1) is 37.0. The van der Waals surface area contributed by atoms with Crippen LogP contribution in [-0.2, 0) is 4.79 Å². The molecule has 3 unspecified atom stereocenters. The minimum absolute atomic E-state index is 0.389. The minimum Gasteiger partial charge on any atom is -0.394 e. The smallest absolute Gasteiger partial charge is 0.249 e. The lowest BCUT2D eigenvalue weighted by Gasteiger charge is -2.21. The Morgan fingerprint density at radius 3 is 1.85 bits per heavy atom. The Kier molecular flexibility index (Phi) is 27.6. The number of rotatable bonds is 26. The highest BCUT2D eigenvalue weighted by atomic mass is 16.3. The zero-order valence-corrected chi connectivity index (χ0v) is 25.0. The second kappa shape index (κ2) is 29.0. The maximum absolute atomic E-state index is 12.3. The van der Waals surface area contributed by atoms with Gasteiger partial charge in [-0.1, -0.05) is 113 Å². The Labute approximate surface area is 239 Å². The molecule has 0 heterocycles. The van der Waals surface area contributed by atoms with Gasteiger partial charge < -0.3 is 20.6 Å². The normalized spacial score (nSPS) is 14.9. The third-order valence-electron chi connectivity index (χ3n) is 6.65. The van der Waals surface area contributed by atoms with Gasteiger partial charge in [-0.05, 0) is 71.1 Å². The summed E-state index contributed by atoms with van der Waals surface area (Å²) in [6.07, 6.45) is 36.7. The quantitative estimate of drug-likeness (QED) is 0.0664. The van der Waals surface area contributed by atoms with Gasteiger partial charge in [0.25, 0.3) is 0 Å². The average molecular weight is 546 g/mol. The van der Waals surface area contributed by atoms with Crippen LogP contribution in [0.3, 0.4) is 0 Å². The van der Waals surface area contributed by atoms with Crippen LogP contribution in [0.5, 0.6) is 0 Å². The fraction of sp³-hybridized carbons (Fsp3) is 0.676. The highest BCUT2D eigenvalue weighted by Crippen LogP contribution is 2.11. The number of carbonyl (C=O) groups excluding carboxylic acids is 1. The van der Waals surface area contributed by atoms with Crippen molar-refractivity contribution in [2.75, 3.05) is 6.61 Å². The molecule has 5 heteroatoms. The van der Waals surface area contributed by atoms with E-state index in [0.717, 1.165) is 57.8 Å². The molecule has 0 bridgehead atoms. The van der Waals surface area contributed by atoms with E-state index in [-0.39, 0.29) is 6.61 Å². The van der Waals surface area contributed by atoms with Crippen molar-refractivity contribution in [3.8, 4) is 0 Å². The number of allylic oxidation sites excluding steroid dienone is 9. The molecule has 0 spiro atoms. The van der Waals surface area contributed by atoms with Crippen LogP contribution in [0, 0.1) is 0 Å². The van der Waals surface area contributed by atoms with Crippen molar-refractivity contribution in [2.45, 2.75) is 141 Å². The first-order chi connectivity index (χ1) is 19.1. The van der Waals surface area contributed by atoms with Crippen LogP contribution in [-0.4, -0.2) is 46.1 Å². The van der Waals surface area contributed by atoms with Crippen LogP contribution < -0.4 is 5.32 Å². The van der Waals surface area contributed by atoms with Gasteiger partial charge in [0, 0.05) is 0 Å². The maximum atomic E-state index is 12.3. The number of aliphatic hydroxyl groups is 3. The molecular formula is C34H59NO4. The van der Waals surface area contributed by atoms with E-state index in [2.05, 4.69) is 54.8 Å². The topological polar surface area (TPSA) is 89.8 Å². The molecule has 3 atom stereocenters. The van der Waals surface area contributed by atoms with E-state index >= 15 is 0 Å². The molecule has 224 valence electrons. The van der Waals surface area contributed by atoms with Gasteiger partial charge in [0.2, 0.25) is 5.91 Å². The molecule has 0 aromatic rings. The van der Waals surface area contributed by atoms with Crippen LogP contribution in [0.25, 0.3) is 0 Å². The first-order valence-electron chi connectivity index (χ1n) is 15.6. The van der Waals surface area contributed by atoms with Gasteiger partial charge in [-0.2, -0.15) is 0 Å². The van der Waals surface area contributed by atoms with Crippen molar-refractivity contribution < 1.29 is 20.1 Å². The summed E-state index contributed by atoms with van der Waals surface area (Å²) in [5.41, 5.74) is 0. The van der Waals surface area contributed by atoms with Gasteiger partial charge in [0.15, 0.2) is 0 Å². The van der Waals surface area contributed by atoms with Gasteiger partial charge in [-0.25, -0.2) is 0 Å². The van der Waals surface area contributed by atoms with Crippen molar-refractivity contribution >= 4 is 5.91 Å². The monoisotopic (exact) mass is 545 g/mol. The summed E-state index contributed by atoms with van der Waals surface area (Å²) in [6.45, 7) is 3.86. The average Bonchev–Trinajstić information content (AvgIpc) is 2.94. The third-order valence-corrected chi connectivity index (χ3v) is 6.65. The molecule has 0 saturated heterocycles. The number of hydrogen-bond acceptors (Lipinski definition) is 4. The molecule has 0 aromatic heterocycles. The predicted octanol–water partition coefficient (Wildman–Crippen LogP) is 7.64. The zero-order valence-electron chi connectivity index (χ0n) is 25.0. The lowest BCUT2D eigenvalue weighted by Crippen LogP contribution is -2.48. The first-order valence-corrected chi connectivity index (χ1v) is 15.6. The summed E-state index contributed by atoms with van der Waals surface area (Å²) in [7, 11) is 0. The van der Waals surface area contributed by atoms with Crippen molar-refractivity contribution in [2.24, 2.45) is 0 Å². The minimum atomic E-state index is -1.12. The lowest BCUT2D eigenvalue weighted by atomic mass is 10.0. The molecule has 0 radical (unpaired) electrons. The van der Waals surface area contributed by atoms with E-state index in [1.54, 1.807) is 6.08 Å². The van der Waals surface area contributed by atoms with E-state index < -0.39 is 24.2 Å². The molecule has 4 N–H and O–H groups in total. The summed E-state index contributed by atoms with van der Waals surface area (Å²) >= 11 is 0. The molecule has 0 aliphatic heterocycles. The van der Waals surface area contributed by atoms with E-state index in [4.69, 9.17) is 0 Å². The summed E-state index contributed by atoms with van der Waals surface area (Å²) < 4.78 is 0. The van der Waals surface area contributed by atoms with Crippen LogP contribution in [0.1, 0.15) is 123 Å². The fourth-order valence-electron chi connectivity index (χ4n) is 4.13. The zero-order chi connectivity index (χ0) is 28.8. The largest absolute Gasteiger partial charge is 0.394 e. The van der Waals surface area contributed by atoms with Crippen LogP contribution in [0.15, 0.2) is 60.8 Å². The number of nitrogens with one attached hydrogen (secondary N) is 1. The Morgan fingerprint density at radius 2 is 1.23 bits per heavy atom. The second-order valence-corrected chi connectivity index (χ2v) is 10.3. The molecule has 39 heavy (non-hydrogen) atoms. The molecule has 0 fully saturated rings. The Bertz CT molecular complexity index is 695. The summed E-state index contributed by atoms with van der Waals surface area (Å²) in [5, 5.41) is 32.6. The molecule has 0 rings (SSSR count). The summed E-state index contributed by atoms with van der Waals surface area (Å²) in [5.74, 6) is -0.534. The number of unbranched alkanes of at least 4 members (excludes halogenated alkanes) is 11. The second-order valence-electron chi connectivity index (χ2n) is 10.3. The van der Waals surface area contributed by atoms with Gasteiger partial charge in [0.1, 0.15) is 6.10 Å². The molecule has 0 aromatic carbocycles. The molecule has 0 aliphatic rings. The SMILES string of the molecule is C/C=C/CC/C=C/CC/C=C/C(O)C(CO)NC(=O)C(O)CCCCCCCC/C=C\C/C=C\CCCCC. The maximum Gasteiger partial charge on any atom is 0.249 e. The van der Waals surface area contributed by atoms with E-state index in [0.29, 0.717) is 6.42 Å². The number of aliphatic hydroxyl groups excluding tert-OH is 3. The van der Waals surface area contributed by atoms with Gasteiger partial charge in [-0.15, -0.1) is 0 Å². The highest BCUT2D eigenvalue weighted by molar-refractivity contribution is 5.80. The number of carbonyl (C=O) groups is 1. The van der Waals surface area contributed by atoms with E-state index in [1.807, 2.05) is 19.1 Å². The van der Waals surface area contributed by atoms with E-state index in [1.165, 1.54) is 44.9 Å². The Hall–Kier alpha value is -1.95. The van der Waals surface area contributed by atoms with Crippen LogP contribution in [0.4, 0.5) is 0 Å². The third kappa shape index (κ3) is 24.8. The van der Waals surface area contributed by atoms with Crippen LogP contribution >= 0.6 is 0 Å².